The summed E-state index contributed by atoms with van der Waals surface area (Å²) in [6.45, 7) is 0.778. The molecule has 0 radical (unpaired) electrons. The van der Waals surface area contributed by atoms with Crippen LogP contribution in [0.4, 0.5) is 0 Å². The molecule has 1 heterocycles. The number of rotatable bonds is 10. The van der Waals surface area contributed by atoms with E-state index >= 15 is 0 Å². The van der Waals surface area contributed by atoms with Crippen molar-refractivity contribution in [1.82, 2.24) is 10.3 Å². The molecular formula is C27H26N2O4. The molecule has 1 amide bonds. The Hall–Kier alpha value is -4.06. The third-order valence-electron chi connectivity index (χ3n) is 5.05. The maximum atomic E-state index is 12.3. The molecule has 1 aromatic heterocycles. The van der Waals surface area contributed by atoms with Crippen LogP contribution in [0.1, 0.15) is 12.3 Å². The van der Waals surface area contributed by atoms with Gasteiger partial charge in [0.2, 0.25) is 5.91 Å². The number of nitrogens with zero attached hydrogens (tertiary/aromatic N) is 1. The number of carbonyl (C=O) groups excluding carboxylic acids is 1. The molecule has 6 nitrogen and oxygen atoms in total. The Morgan fingerprint density at radius 2 is 1.61 bits per heavy atom. The molecule has 0 aliphatic rings. The molecule has 1 N–H and O–H groups in total. The average Bonchev–Trinajstić information content (AvgIpc) is 3.31. The largest absolute Gasteiger partial charge is 0.497 e. The van der Waals surface area contributed by atoms with Crippen LogP contribution in [0, 0.1) is 0 Å². The number of aromatic nitrogens is 1. The van der Waals surface area contributed by atoms with E-state index in [0.717, 1.165) is 22.6 Å². The second-order valence-electron chi connectivity index (χ2n) is 7.39. The first-order valence-corrected chi connectivity index (χ1v) is 10.9. The third kappa shape index (κ3) is 6.01. The quantitative estimate of drug-likeness (QED) is 0.344. The van der Waals surface area contributed by atoms with Crippen LogP contribution in [-0.2, 0) is 11.2 Å². The maximum Gasteiger partial charge on any atom is 0.220 e. The van der Waals surface area contributed by atoms with E-state index in [-0.39, 0.29) is 12.3 Å². The van der Waals surface area contributed by atoms with E-state index < -0.39 is 0 Å². The number of benzene rings is 3. The van der Waals surface area contributed by atoms with E-state index in [9.17, 15) is 4.79 Å². The summed E-state index contributed by atoms with van der Waals surface area (Å²) in [6.07, 6.45) is 0.692. The summed E-state index contributed by atoms with van der Waals surface area (Å²) in [4.78, 5) is 17.0. The van der Waals surface area contributed by atoms with Gasteiger partial charge in [0.05, 0.1) is 13.7 Å². The minimum atomic E-state index is -0.0787. The molecule has 0 spiro atoms. The maximum absolute atomic E-state index is 12.3. The van der Waals surface area contributed by atoms with Crippen molar-refractivity contribution in [2.45, 2.75) is 12.8 Å². The Balaban J connectivity index is 1.33. The molecule has 0 saturated carbocycles. The van der Waals surface area contributed by atoms with Gasteiger partial charge in [0, 0.05) is 30.0 Å². The number of hydrogen-bond acceptors (Lipinski definition) is 5. The van der Waals surface area contributed by atoms with Crippen molar-refractivity contribution >= 4 is 5.91 Å². The number of aryl methyl sites for hydroxylation is 1. The van der Waals surface area contributed by atoms with Crippen molar-refractivity contribution < 1.29 is 18.7 Å². The van der Waals surface area contributed by atoms with Gasteiger partial charge < -0.3 is 19.2 Å². The Labute approximate surface area is 193 Å². The lowest BCUT2D eigenvalue weighted by Crippen LogP contribution is -2.28. The monoisotopic (exact) mass is 442 g/mol. The van der Waals surface area contributed by atoms with Gasteiger partial charge in [-0.3, -0.25) is 4.79 Å². The van der Waals surface area contributed by atoms with E-state index in [1.807, 2.05) is 78.9 Å². The molecular weight excluding hydrogens is 416 g/mol. The molecule has 0 aliphatic carbocycles. The van der Waals surface area contributed by atoms with Gasteiger partial charge in [-0.05, 0) is 12.1 Å². The average molecular weight is 443 g/mol. The molecule has 0 atom stereocenters. The number of carbonyl (C=O) groups is 1. The second kappa shape index (κ2) is 11.0. The first kappa shape index (κ1) is 22.1. The van der Waals surface area contributed by atoms with Crippen molar-refractivity contribution in [2.24, 2.45) is 0 Å². The first-order valence-electron chi connectivity index (χ1n) is 10.9. The predicted octanol–water partition coefficient (Wildman–Crippen LogP) is 5.15. The molecule has 33 heavy (non-hydrogen) atoms. The van der Waals surface area contributed by atoms with Crippen LogP contribution in [0.2, 0.25) is 0 Å². The molecule has 0 unspecified atom stereocenters. The smallest absolute Gasteiger partial charge is 0.220 e. The molecule has 0 fully saturated rings. The van der Waals surface area contributed by atoms with Gasteiger partial charge in [0.25, 0.3) is 0 Å². The van der Waals surface area contributed by atoms with Gasteiger partial charge >= 0.3 is 0 Å². The number of oxazole rings is 1. The zero-order chi connectivity index (χ0) is 22.9. The van der Waals surface area contributed by atoms with Gasteiger partial charge in [0.15, 0.2) is 11.7 Å². The van der Waals surface area contributed by atoms with Crippen LogP contribution in [0.25, 0.3) is 22.6 Å². The fourth-order valence-corrected chi connectivity index (χ4v) is 3.41. The standard InChI is InChI=1S/C27H26N2O4/c1-31-22-13-8-14-23(19-22)32-18-17-28-24(30)15-16-25-29-26(20-9-4-2-5-10-20)27(33-25)21-11-6-3-7-12-21/h2-14,19H,15-18H2,1H3,(H,28,30). The third-order valence-corrected chi connectivity index (χ3v) is 5.05. The molecule has 0 bridgehead atoms. The topological polar surface area (TPSA) is 73.6 Å². The summed E-state index contributed by atoms with van der Waals surface area (Å²) in [7, 11) is 1.61. The number of methoxy groups -OCH3 is 1. The summed E-state index contributed by atoms with van der Waals surface area (Å²) in [5.74, 6) is 2.60. The molecule has 3 aromatic carbocycles. The molecule has 4 aromatic rings. The lowest BCUT2D eigenvalue weighted by atomic mass is 10.1. The van der Waals surface area contributed by atoms with E-state index in [1.54, 1.807) is 13.2 Å². The minimum Gasteiger partial charge on any atom is -0.497 e. The van der Waals surface area contributed by atoms with Crippen LogP contribution < -0.4 is 14.8 Å². The van der Waals surface area contributed by atoms with Crippen LogP contribution in [0.15, 0.2) is 89.3 Å². The Kier molecular flexibility index (Phi) is 7.38. The summed E-state index contributed by atoms with van der Waals surface area (Å²) in [5, 5.41) is 2.87. The minimum absolute atomic E-state index is 0.0787. The van der Waals surface area contributed by atoms with Crippen LogP contribution in [0.3, 0.4) is 0 Å². The Bertz CT molecular complexity index is 1120. The number of nitrogens with one attached hydrogen (secondary N) is 1. The molecule has 0 aliphatic heterocycles. The van der Waals surface area contributed by atoms with Crippen molar-refractivity contribution in [3.8, 4) is 34.1 Å². The van der Waals surface area contributed by atoms with Crippen LogP contribution >= 0.6 is 0 Å². The fraction of sp³-hybridized carbons (Fsp3) is 0.185. The van der Waals surface area contributed by atoms with Gasteiger partial charge in [-0.15, -0.1) is 0 Å². The van der Waals surface area contributed by atoms with Gasteiger partial charge in [-0.1, -0.05) is 66.7 Å². The summed E-state index contributed by atoms with van der Waals surface area (Å²) >= 11 is 0. The molecule has 4 rings (SSSR count). The normalized spacial score (nSPS) is 10.6. The van der Waals surface area contributed by atoms with Crippen LogP contribution in [0.5, 0.6) is 11.5 Å². The molecule has 0 saturated heterocycles. The van der Waals surface area contributed by atoms with Crippen molar-refractivity contribution in [3.05, 3.63) is 90.8 Å². The number of ether oxygens (including phenoxy) is 2. The van der Waals surface area contributed by atoms with Crippen molar-refractivity contribution in [3.63, 3.8) is 0 Å². The highest BCUT2D eigenvalue weighted by Crippen LogP contribution is 2.32. The second-order valence-corrected chi connectivity index (χ2v) is 7.39. The van der Waals surface area contributed by atoms with E-state index in [1.165, 1.54) is 0 Å². The highest BCUT2D eigenvalue weighted by Gasteiger charge is 2.17. The van der Waals surface area contributed by atoms with Crippen molar-refractivity contribution in [1.29, 1.82) is 0 Å². The Morgan fingerprint density at radius 1 is 0.909 bits per heavy atom. The highest BCUT2D eigenvalue weighted by molar-refractivity contribution is 5.77. The van der Waals surface area contributed by atoms with Crippen LogP contribution in [-0.4, -0.2) is 31.2 Å². The summed E-state index contributed by atoms with van der Waals surface area (Å²) < 4.78 is 16.9. The van der Waals surface area contributed by atoms with E-state index in [0.29, 0.717) is 37.0 Å². The predicted molar refractivity (Wildman–Crippen MR) is 127 cm³/mol. The van der Waals surface area contributed by atoms with Crippen molar-refractivity contribution in [2.75, 3.05) is 20.3 Å². The molecule has 6 heteroatoms. The number of amides is 1. The van der Waals surface area contributed by atoms with E-state index in [2.05, 4.69) is 5.32 Å². The van der Waals surface area contributed by atoms with E-state index in [4.69, 9.17) is 18.9 Å². The highest BCUT2D eigenvalue weighted by atomic mass is 16.5. The lowest BCUT2D eigenvalue weighted by Gasteiger charge is -2.08. The zero-order valence-corrected chi connectivity index (χ0v) is 18.5. The lowest BCUT2D eigenvalue weighted by molar-refractivity contribution is -0.121. The number of hydrogen-bond donors (Lipinski definition) is 1. The summed E-state index contributed by atoms with van der Waals surface area (Å²) in [5.41, 5.74) is 2.71. The van der Waals surface area contributed by atoms with Gasteiger partial charge in [-0.2, -0.15) is 0 Å². The summed E-state index contributed by atoms with van der Waals surface area (Å²) in [6, 6.07) is 27.2. The van der Waals surface area contributed by atoms with Gasteiger partial charge in [0.1, 0.15) is 23.8 Å². The van der Waals surface area contributed by atoms with Gasteiger partial charge in [-0.25, -0.2) is 4.98 Å². The molecule has 168 valence electrons. The SMILES string of the molecule is COc1cccc(OCCNC(=O)CCc2nc(-c3ccccc3)c(-c3ccccc3)o2)c1. The Morgan fingerprint density at radius 3 is 2.33 bits per heavy atom. The zero-order valence-electron chi connectivity index (χ0n) is 18.5. The fourth-order valence-electron chi connectivity index (χ4n) is 3.41. The first-order chi connectivity index (χ1) is 16.2.